The number of carbonyl (C=O) groups excluding carboxylic acids is 1. The number of amides is 1. The van der Waals surface area contributed by atoms with Crippen LogP contribution in [0, 0.1) is 5.82 Å². The van der Waals surface area contributed by atoms with E-state index in [4.69, 9.17) is 4.74 Å². The Balaban J connectivity index is 1.70. The van der Waals surface area contributed by atoms with Crippen LogP contribution < -0.4 is 5.32 Å². The lowest BCUT2D eigenvalue weighted by atomic mass is 10.1. The van der Waals surface area contributed by atoms with Gasteiger partial charge < -0.3 is 15.2 Å². The molecule has 6 heteroatoms. The summed E-state index contributed by atoms with van der Waals surface area (Å²) in [6.45, 7) is 5.37. The first-order valence-corrected chi connectivity index (χ1v) is 8.16. The van der Waals surface area contributed by atoms with Crippen molar-refractivity contribution in [3.63, 3.8) is 0 Å². The second-order valence-electron chi connectivity index (χ2n) is 6.32. The molecule has 0 bridgehead atoms. The van der Waals surface area contributed by atoms with Crippen LogP contribution in [0.4, 0.5) is 4.39 Å². The monoisotopic (exact) mass is 336 g/mol. The zero-order valence-electron chi connectivity index (χ0n) is 14.0. The highest BCUT2D eigenvalue weighted by Gasteiger charge is 2.25. The van der Waals surface area contributed by atoms with Crippen LogP contribution in [0.2, 0.25) is 0 Å². The molecule has 1 fully saturated rings. The van der Waals surface area contributed by atoms with E-state index in [2.05, 4.69) is 10.2 Å². The lowest BCUT2D eigenvalue weighted by molar-refractivity contribution is -0.121. The molecule has 0 aromatic heterocycles. The quantitative estimate of drug-likeness (QED) is 0.791. The Morgan fingerprint density at radius 2 is 2.04 bits per heavy atom. The Hall–Kier alpha value is -1.76. The number of benzene rings is 1. The fourth-order valence-electron chi connectivity index (χ4n) is 2.53. The Kier molecular flexibility index (Phi) is 6.90. The number of hydrogen-bond acceptors (Lipinski definition) is 4. The summed E-state index contributed by atoms with van der Waals surface area (Å²) in [6.07, 6.45) is 3.70. The van der Waals surface area contributed by atoms with Gasteiger partial charge in [0, 0.05) is 32.6 Å². The van der Waals surface area contributed by atoms with E-state index in [1.54, 1.807) is 31.2 Å². The minimum Gasteiger partial charge on any atom is -0.387 e. The average Bonchev–Trinajstić information content (AvgIpc) is 2.55. The van der Waals surface area contributed by atoms with Crippen LogP contribution in [0.25, 0.3) is 6.08 Å². The molecule has 1 saturated heterocycles. The fourth-order valence-corrected chi connectivity index (χ4v) is 2.53. The lowest BCUT2D eigenvalue weighted by Gasteiger charge is -2.33. The Morgan fingerprint density at radius 3 is 2.71 bits per heavy atom. The summed E-state index contributed by atoms with van der Waals surface area (Å²) in [7, 11) is 0. The molecule has 1 aromatic rings. The highest BCUT2D eigenvalue weighted by molar-refractivity contribution is 5.78. The minimum absolute atomic E-state index is 0.157. The molecule has 1 unspecified atom stereocenters. The van der Waals surface area contributed by atoms with Crippen molar-refractivity contribution in [1.29, 1.82) is 0 Å². The van der Waals surface area contributed by atoms with E-state index in [1.165, 1.54) is 12.1 Å². The maximum Gasteiger partial charge on any atom is 0.223 e. The van der Waals surface area contributed by atoms with Gasteiger partial charge in [-0.1, -0.05) is 24.3 Å². The Bertz CT molecular complexity index is 552. The van der Waals surface area contributed by atoms with Gasteiger partial charge in [-0.2, -0.15) is 0 Å². The van der Waals surface area contributed by atoms with Crippen molar-refractivity contribution in [3.8, 4) is 0 Å². The number of morpholine rings is 1. The van der Waals surface area contributed by atoms with Crippen molar-refractivity contribution in [1.82, 2.24) is 10.2 Å². The van der Waals surface area contributed by atoms with Gasteiger partial charge in [-0.25, -0.2) is 4.39 Å². The number of rotatable bonds is 7. The first-order chi connectivity index (χ1) is 11.4. The smallest absolute Gasteiger partial charge is 0.223 e. The summed E-state index contributed by atoms with van der Waals surface area (Å²) >= 11 is 0. The molecule has 0 spiro atoms. The van der Waals surface area contributed by atoms with Gasteiger partial charge in [0.1, 0.15) is 5.82 Å². The summed E-state index contributed by atoms with van der Waals surface area (Å²) in [5, 5.41) is 13.1. The van der Waals surface area contributed by atoms with Gasteiger partial charge in [0.2, 0.25) is 5.91 Å². The number of β-amino-alcohol motifs (C(OH)–C–C–N with tert-alkyl or cyclic N) is 1. The van der Waals surface area contributed by atoms with Crippen molar-refractivity contribution in [2.75, 3.05) is 39.4 Å². The van der Waals surface area contributed by atoms with E-state index in [1.807, 2.05) is 0 Å². The normalized spacial score (nSPS) is 18.5. The van der Waals surface area contributed by atoms with E-state index in [0.717, 1.165) is 18.7 Å². The molecule has 24 heavy (non-hydrogen) atoms. The molecular weight excluding hydrogens is 311 g/mol. The van der Waals surface area contributed by atoms with E-state index in [0.29, 0.717) is 19.8 Å². The van der Waals surface area contributed by atoms with E-state index < -0.39 is 5.60 Å². The third-order valence-corrected chi connectivity index (χ3v) is 3.82. The standard InChI is InChI=1S/C18H25FN2O3/c1-18(23,14-21-9-11-24-12-10-21)13-20-17(22)4-2-3-15-5-7-16(19)8-6-15/h2-3,5-8,23H,4,9-14H2,1H3,(H,20,22). The number of nitrogens with one attached hydrogen (secondary N) is 1. The van der Waals surface area contributed by atoms with Crippen molar-refractivity contribution in [3.05, 3.63) is 41.7 Å². The molecule has 1 atom stereocenters. The van der Waals surface area contributed by atoms with Gasteiger partial charge in [0.25, 0.3) is 0 Å². The predicted octanol–water partition coefficient (Wildman–Crippen LogP) is 1.43. The number of ether oxygens (including phenoxy) is 1. The molecule has 1 aromatic carbocycles. The van der Waals surface area contributed by atoms with Crippen molar-refractivity contribution < 1.29 is 19.0 Å². The van der Waals surface area contributed by atoms with Gasteiger partial charge >= 0.3 is 0 Å². The summed E-state index contributed by atoms with van der Waals surface area (Å²) in [6, 6.07) is 6.05. The molecular formula is C18H25FN2O3. The molecule has 1 heterocycles. The number of nitrogens with zero attached hydrogens (tertiary/aromatic N) is 1. The fraction of sp³-hybridized carbons (Fsp3) is 0.500. The molecule has 1 amide bonds. The average molecular weight is 336 g/mol. The third kappa shape index (κ3) is 6.78. The summed E-state index contributed by atoms with van der Waals surface area (Å²) < 4.78 is 18.1. The molecule has 2 rings (SSSR count). The third-order valence-electron chi connectivity index (χ3n) is 3.82. The predicted molar refractivity (Wildman–Crippen MR) is 90.9 cm³/mol. The van der Waals surface area contributed by atoms with Crippen LogP contribution in [0.15, 0.2) is 30.3 Å². The zero-order chi connectivity index (χ0) is 17.4. The number of halogens is 1. The van der Waals surface area contributed by atoms with Gasteiger partial charge in [0.05, 0.1) is 18.8 Å². The summed E-state index contributed by atoms with van der Waals surface area (Å²) in [5.41, 5.74) is -0.142. The molecule has 5 nitrogen and oxygen atoms in total. The second kappa shape index (κ2) is 8.92. The summed E-state index contributed by atoms with van der Waals surface area (Å²) in [4.78, 5) is 14.0. The molecule has 0 saturated carbocycles. The highest BCUT2D eigenvalue weighted by atomic mass is 19.1. The topological polar surface area (TPSA) is 61.8 Å². The van der Waals surface area contributed by atoms with Gasteiger partial charge in [-0.15, -0.1) is 0 Å². The maximum atomic E-state index is 12.8. The molecule has 0 radical (unpaired) electrons. The summed E-state index contributed by atoms with van der Waals surface area (Å²) in [5.74, 6) is -0.442. The minimum atomic E-state index is -0.979. The van der Waals surface area contributed by atoms with E-state index >= 15 is 0 Å². The molecule has 1 aliphatic rings. The molecule has 132 valence electrons. The van der Waals surface area contributed by atoms with Crippen molar-refractivity contribution in [2.45, 2.75) is 18.9 Å². The SMILES string of the molecule is CC(O)(CNC(=O)CC=Cc1ccc(F)cc1)CN1CCOCC1. The molecule has 0 aliphatic carbocycles. The lowest BCUT2D eigenvalue weighted by Crippen LogP contribution is -2.51. The highest BCUT2D eigenvalue weighted by Crippen LogP contribution is 2.08. The largest absolute Gasteiger partial charge is 0.387 e. The maximum absolute atomic E-state index is 12.8. The van der Waals surface area contributed by atoms with Crippen molar-refractivity contribution in [2.24, 2.45) is 0 Å². The first kappa shape index (κ1) is 18.6. The van der Waals surface area contributed by atoms with Crippen LogP contribution in [-0.4, -0.2) is 60.9 Å². The van der Waals surface area contributed by atoms with Gasteiger partial charge in [-0.3, -0.25) is 9.69 Å². The second-order valence-corrected chi connectivity index (χ2v) is 6.32. The number of hydrogen-bond donors (Lipinski definition) is 2. The first-order valence-electron chi connectivity index (χ1n) is 8.16. The van der Waals surface area contributed by atoms with Gasteiger partial charge in [0.15, 0.2) is 0 Å². The molecule has 1 aliphatic heterocycles. The van der Waals surface area contributed by atoms with Crippen LogP contribution in [0.5, 0.6) is 0 Å². The van der Waals surface area contributed by atoms with E-state index in [-0.39, 0.29) is 24.7 Å². The number of carbonyl (C=O) groups is 1. The Labute approximate surface area is 142 Å². The van der Waals surface area contributed by atoms with Crippen LogP contribution >= 0.6 is 0 Å². The molecule has 2 N–H and O–H groups in total. The zero-order valence-corrected chi connectivity index (χ0v) is 14.0. The van der Waals surface area contributed by atoms with Crippen molar-refractivity contribution >= 4 is 12.0 Å². The van der Waals surface area contributed by atoms with Crippen LogP contribution in [0.3, 0.4) is 0 Å². The Morgan fingerprint density at radius 1 is 1.38 bits per heavy atom. The van der Waals surface area contributed by atoms with Crippen LogP contribution in [0.1, 0.15) is 18.9 Å². The van der Waals surface area contributed by atoms with E-state index in [9.17, 15) is 14.3 Å². The van der Waals surface area contributed by atoms with Gasteiger partial charge in [-0.05, 0) is 24.6 Å². The number of aliphatic hydroxyl groups is 1. The van der Waals surface area contributed by atoms with Crippen LogP contribution in [-0.2, 0) is 9.53 Å².